The molecule has 2 aromatic carbocycles. The highest BCUT2D eigenvalue weighted by Crippen LogP contribution is 2.36. The van der Waals surface area contributed by atoms with Crippen LogP contribution in [0.1, 0.15) is 47.0 Å². The molecule has 3 aromatic rings. The fourth-order valence-corrected chi connectivity index (χ4v) is 5.98. The van der Waals surface area contributed by atoms with Crippen molar-refractivity contribution >= 4 is 27.9 Å². The first-order valence-corrected chi connectivity index (χ1v) is 12.8. The van der Waals surface area contributed by atoms with E-state index < -0.39 is 10.0 Å². The topological polar surface area (TPSA) is 74.8 Å². The molecule has 4 rings (SSSR count). The summed E-state index contributed by atoms with van der Waals surface area (Å²) < 4.78 is 41.3. The molecule has 0 amide bonds. The van der Waals surface area contributed by atoms with Crippen molar-refractivity contribution in [2.75, 3.05) is 5.75 Å². The third kappa shape index (κ3) is 5.44. The van der Waals surface area contributed by atoms with Crippen molar-refractivity contribution in [1.29, 1.82) is 0 Å². The fraction of sp³-hybridized carbons (Fsp3) is 0.261. The van der Waals surface area contributed by atoms with Gasteiger partial charge < -0.3 is 0 Å². The van der Waals surface area contributed by atoms with Crippen LogP contribution in [0.3, 0.4) is 0 Å². The minimum Gasteiger partial charge on any atom is -0.281 e. The van der Waals surface area contributed by atoms with Crippen molar-refractivity contribution in [3.63, 3.8) is 0 Å². The van der Waals surface area contributed by atoms with Crippen molar-refractivity contribution in [2.45, 2.75) is 31.1 Å². The number of rotatable bonds is 7. The average Bonchev–Trinajstić information content (AvgIpc) is 3.17. The van der Waals surface area contributed by atoms with Gasteiger partial charge in [-0.3, -0.25) is 5.10 Å². The van der Waals surface area contributed by atoms with E-state index >= 15 is 0 Å². The van der Waals surface area contributed by atoms with E-state index in [-0.39, 0.29) is 17.8 Å². The molecule has 31 heavy (non-hydrogen) atoms. The number of aromatic amines is 1. The number of benzene rings is 2. The maximum atomic E-state index is 13.5. The summed E-state index contributed by atoms with van der Waals surface area (Å²) in [7, 11) is -3.63. The Bertz CT molecular complexity index is 1180. The minimum absolute atomic E-state index is 0.179. The molecule has 0 bridgehead atoms. The summed E-state index contributed by atoms with van der Waals surface area (Å²) in [5, 5.41) is 8.62. The van der Waals surface area contributed by atoms with E-state index in [1.807, 2.05) is 43.3 Å². The van der Waals surface area contributed by atoms with E-state index in [0.29, 0.717) is 12.1 Å². The normalized spacial score (nSPS) is 17.5. The molecule has 2 heterocycles. The zero-order valence-electron chi connectivity index (χ0n) is 17.1. The van der Waals surface area contributed by atoms with Crippen LogP contribution in [0.25, 0.3) is 6.08 Å². The summed E-state index contributed by atoms with van der Waals surface area (Å²) in [5.41, 5.74) is 4.48. The van der Waals surface area contributed by atoms with Crippen molar-refractivity contribution in [2.24, 2.45) is 0 Å². The summed E-state index contributed by atoms with van der Waals surface area (Å²) in [6.45, 7) is 1.81. The van der Waals surface area contributed by atoms with Gasteiger partial charge in [-0.15, -0.1) is 0 Å². The van der Waals surface area contributed by atoms with Crippen LogP contribution in [-0.4, -0.2) is 24.4 Å². The second kappa shape index (κ2) is 9.38. The van der Waals surface area contributed by atoms with Crippen molar-refractivity contribution in [1.82, 2.24) is 14.9 Å². The van der Waals surface area contributed by atoms with E-state index in [4.69, 9.17) is 0 Å². The van der Waals surface area contributed by atoms with Crippen LogP contribution in [0.15, 0.2) is 60.0 Å². The maximum absolute atomic E-state index is 13.5. The molecule has 8 heteroatoms. The van der Waals surface area contributed by atoms with Crippen LogP contribution >= 0.6 is 11.8 Å². The Hall–Kier alpha value is -2.42. The number of halogens is 1. The van der Waals surface area contributed by atoms with Gasteiger partial charge in [-0.25, -0.2) is 17.5 Å². The highest BCUT2D eigenvalue weighted by Gasteiger charge is 2.25. The fourth-order valence-electron chi connectivity index (χ4n) is 3.77. The zero-order chi connectivity index (χ0) is 21.8. The van der Waals surface area contributed by atoms with Gasteiger partial charge in [0.15, 0.2) is 0 Å². The molecule has 0 fully saturated rings. The Morgan fingerprint density at radius 2 is 2.06 bits per heavy atom. The van der Waals surface area contributed by atoms with Gasteiger partial charge in [0.05, 0.1) is 5.69 Å². The number of hydrogen-bond acceptors (Lipinski definition) is 4. The van der Waals surface area contributed by atoms with Gasteiger partial charge in [0.2, 0.25) is 10.0 Å². The smallest absolute Gasteiger partial charge is 0.234 e. The predicted octanol–water partition coefficient (Wildman–Crippen LogP) is 4.77. The third-order valence-electron chi connectivity index (χ3n) is 5.32. The van der Waals surface area contributed by atoms with Gasteiger partial charge in [0, 0.05) is 40.1 Å². The molecule has 0 saturated carbocycles. The Morgan fingerprint density at radius 1 is 1.26 bits per heavy atom. The Kier molecular flexibility index (Phi) is 6.60. The standard InChI is InChI=1S/C23H24FN3O2S2/c1-16(18-7-3-2-4-8-18)27-31(28,29)11-10-22-21-15-30-14-19(23(21)26-25-22)12-17-6-5-9-20(24)13-17/h2-11,13,16,19,27H,12,14-15H2,1H3,(H,25,26)/t16-,19?/m0/s1. The molecule has 1 aliphatic rings. The van der Waals surface area contributed by atoms with Gasteiger partial charge in [0.1, 0.15) is 5.82 Å². The molecule has 5 nitrogen and oxygen atoms in total. The number of sulfonamides is 1. The summed E-state index contributed by atoms with van der Waals surface area (Å²) >= 11 is 1.78. The van der Waals surface area contributed by atoms with E-state index in [0.717, 1.165) is 33.9 Å². The summed E-state index contributed by atoms with van der Waals surface area (Å²) in [6.07, 6.45) is 2.25. The molecule has 1 aromatic heterocycles. The lowest BCUT2D eigenvalue weighted by molar-refractivity contribution is 0.576. The SMILES string of the molecule is C[C@H](NS(=O)(=O)C=Cc1n[nH]c2c1CSCC2Cc1cccc(F)c1)c1ccccc1. The predicted molar refractivity (Wildman–Crippen MR) is 124 cm³/mol. The molecule has 0 radical (unpaired) electrons. The highest BCUT2D eigenvalue weighted by molar-refractivity contribution is 7.98. The number of hydrogen-bond donors (Lipinski definition) is 2. The number of thioether (sulfide) groups is 1. The first kappa shape index (κ1) is 21.8. The second-order valence-corrected chi connectivity index (χ2v) is 10.3. The minimum atomic E-state index is -3.63. The summed E-state index contributed by atoms with van der Waals surface area (Å²) in [5.74, 6) is 1.61. The molecule has 162 valence electrons. The molecule has 2 N–H and O–H groups in total. The van der Waals surface area contributed by atoms with Crippen LogP contribution in [0, 0.1) is 5.82 Å². The zero-order valence-corrected chi connectivity index (χ0v) is 18.7. The monoisotopic (exact) mass is 457 g/mol. The maximum Gasteiger partial charge on any atom is 0.234 e. The van der Waals surface area contributed by atoms with Crippen molar-refractivity contribution < 1.29 is 12.8 Å². The molecule has 0 aliphatic carbocycles. The Labute approximate surface area is 186 Å². The molecule has 2 atom stereocenters. The second-order valence-electron chi connectivity index (χ2n) is 7.65. The molecule has 0 saturated heterocycles. The molecule has 0 spiro atoms. The summed E-state index contributed by atoms with van der Waals surface area (Å²) in [6, 6.07) is 15.7. The third-order valence-corrected chi connectivity index (χ3v) is 7.63. The lowest BCUT2D eigenvalue weighted by Crippen LogP contribution is -2.24. The Morgan fingerprint density at radius 3 is 2.84 bits per heavy atom. The average molecular weight is 458 g/mol. The van der Waals surface area contributed by atoms with Crippen LogP contribution < -0.4 is 4.72 Å². The number of H-pyrrole nitrogens is 1. The van der Waals surface area contributed by atoms with Crippen LogP contribution in [0.5, 0.6) is 0 Å². The lowest BCUT2D eigenvalue weighted by Gasteiger charge is -2.22. The molecular formula is C23H24FN3O2S2. The largest absolute Gasteiger partial charge is 0.281 e. The molecular weight excluding hydrogens is 433 g/mol. The molecule has 1 unspecified atom stereocenters. The Balaban J connectivity index is 1.48. The van der Waals surface area contributed by atoms with Gasteiger partial charge in [-0.2, -0.15) is 16.9 Å². The van der Waals surface area contributed by atoms with Crippen LogP contribution in [-0.2, 0) is 22.2 Å². The summed E-state index contributed by atoms with van der Waals surface area (Å²) in [4.78, 5) is 0. The lowest BCUT2D eigenvalue weighted by atomic mass is 9.94. The van der Waals surface area contributed by atoms with Crippen LogP contribution in [0.2, 0.25) is 0 Å². The quantitative estimate of drug-likeness (QED) is 0.536. The number of aromatic nitrogens is 2. The number of nitrogens with zero attached hydrogens (tertiary/aromatic N) is 1. The highest BCUT2D eigenvalue weighted by atomic mass is 32.2. The van der Waals surface area contributed by atoms with Crippen molar-refractivity contribution in [3.05, 3.63) is 93.9 Å². The first-order valence-electron chi connectivity index (χ1n) is 10.1. The van der Waals surface area contributed by atoms with Gasteiger partial charge in [0.25, 0.3) is 0 Å². The van der Waals surface area contributed by atoms with Gasteiger partial charge in [-0.05, 0) is 42.7 Å². The first-order chi connectivity index (χ1) is 14.9. The van der Waals surface area contributed by atoms with E-state index in [1.54, 1.807) is 30.0 Å². The van der Waals surface area contributed by atoms with Gasteiger partial charge in [-0.1, -0.05) is 42.5 Å². The van der Waals surface area contributed by atoms with Crippen LogP contribution in [0.4, 0.5) is 4.39 Å². The van der Waals surface area contributed by atoms with E-state index in [9.17, 15) is 12.8 Å². The van der Waals surface area contributed by atoms with Gasteiger partial charge >= 0.3 is 0 Å². The molecule has 1 aliphatic heterocycles. The van der Waals surface area contributed by atoms with E-state index in [2.05, 4.69) is 14.9 Å². The number of nitrogens with one attached hydrogen (secondary N) is 2. The van der Waals surface area contributed by atoms with E-state index in [1.165, 1.54) is 11.5 Å². The number of fused-ring (bicyclic) bond motifs is 1. The van der Waals surface area contributed by atoms with Crippen molar-refractivity contribution in [3.8, 4) is 0 Å².